The Balaban J connectivity index is 0.000000187. The molecule has 4 rings (SSSR count). The van der Waals surface area contributed by atoms with Gasteiger partial charge < -0.3 is 0 Å². The zero-order valence-electron chi connectivity index (χ0n) is 14.8. The van der Waals surface area contributed by atoms with Crippen LogP contribution in [0.25, 0.3) is 22.8 Å². The first kappa shape index (κ1) is 22.5. The smallest absolute Gasteiger partial charge is 0.176 e. The van der Waals surface area contributed by atoms with Gasteiger partial charge >= 0.3 is 0 Å². The van der Waals surface area contributed by atoms with Crippen molar-refractivity contribution in [1.82, 2.24) is 19.9 Å². The van der Waals surface area contributed by atoms with Crippen molar-refractivity contribution >= 4 is 45.2 Å². The zero-order valence-corrected chi connectivity index (χ0v) is 19.1. The topological polar surface area (TPSA) is 51.6 Å². The van der Waals surface area contributed by atoms with E-state index < -0.39 is 30.4 Å². The number of pyridine rings is 2. The van der Waals surface area contributed by atoms with Crippen molar-refractivity contribution in [3.63, 3.8) is 0 Å². The lowest BCUT2D eigenvalue weighted by molar-refractivity contribution is 0.437. The summed E-state index contributed by atoms with van der Waals surface area (Å²) in [5.41, 5.74) is 3.09. The molecule has 1 aromatic carbocycles. The highest BCUT2D eigenvalue weighted by atomic mass is 127. The molecule has 4 aromatic rings. The second-order valence-electron chi connectivity index (χ2n) is 5.57. The summed E-state index contributed by atoms with van der Waals surface area (Å²) < 4.78 is 49.2. The van der Waals surface area contributed by atoms with E-state index in [0.29, 0.717) is 0 Å². The standard InChI is InChI=1S/C14H10N4.C6F4I2/c1-3-7-15-11(5-1)13-14(18-10-9-17-13)12-6-2-4-8-16-12;7-1-2(8)6(12)4(10)3(9)5(1)11/h1-10H;. The van der Waals surface area contributed by atoms with E-state index in [1.165, 1.54) is 45.2 Å². The number of halogens is 6. The van der Waals surface area contributed by atoms with E-state index in [1.807, 2.05) is 36.4 Å². The third kappa shape index (κ3) is 4.91. The van der Waals surface area contributed by atoms with Gasteiger partial charge in [-0.1, -0.05) is 12.1 Å². The number of hydrogen-bond acceptors (Lipinski definition) is 4. The van der Waals surface area contributed by atoms with Gasteiger partial charge in [0.05, 0.1) is 18.5 Å². The largest absolute Gasteiger partial charge is 0.255 e. The molecular formula is C20H10F4I2N4. The molecule has 0 N–H and O–H groups in total. The average molecular weight is 636 g/mol. The van der Waals surface area contributed by atoms with E-state index in [-0.39, 0.29) is 0 Å². The van der Waals surface area contributed by atoms with Gasteiger partial charge in [-0.25, -0.2) is 17.6 Å². The number of aromatic nitrogens is 4. The molecule has 0 fully saturated rings. The van der Waals surface area contributed by atoms with Crippen LogP contribution in [0, 0.1) is 30.4 Å². The van der Waals surface area contributed by atoms with Crippen LogP contribution in [0.1, 0.15) is 0 Å². The van der Waals surface area contributed by atoms with Crippen molar-refractivity contribution in [1.29, 1.82) is 0 Å². The van der Waals surface area contributed by atoms with Crippen LogP contribution in [-0.4, -0.2) is 19.9 Å². The van der Waals surface area contributed by atoms with Crippen molar-refractivity contribution in [2.45, 2.75) is 0 Å². The summed E-state index contributed by atoms with van der Waals surface area (Å²) in [7, 11) is 0. The summed E-state index contributed by atoms with van der Waals surface area (Å²) in [5, 5.41) is 0. The Morgan fingerprint density at radius 2 is 0.867 bits per heavy atom. The Hall–Kier alpha value is -2.22. The first-order chi connectivity index (χ1) is 14.4. The molecule has 0 amide bonds. The van der Waals surface area contributed by atoms with Crippen molar-refractivity contribution in [2.24, 2.45) is 0 Å². The fraction of sp³-hybridized carbons (Fsp3) is 0. The monoisotopic (exact) mass is 636 g/mol. The van der Waals surface area contributed by atoms with Gasteiger partial charge in [0.2, 0.25) is 0 Å². The van der Waals surface area contributed by atoms with Crippen LogP contribution in [0.3, 0.4) is 0 Å². The molecule has 0 atom stereocenters. The van der Waals surface area contributed by atoms with Gasteiger partial charge in [0, 0.05) is 24.8 Å². The lowest BCUT2D eigenvalue weighted by atomic mass is 10.1. The molecule has 3 aromatic heterocycles. The minimum absolute atomic E-state index is 0.664. The molecule has 3 heterocycles. The Bertz CT molecular complexity index is 999. The molecule has 0 bridgehead atoms. The summed E-state index contributed by atoms with van der Waals surface area (Å²) >= 11 is 2.41. The molecule has 0 aliphatic heterocycles. The first-order valence-corrected chi connectivity index (χ1v) is 10.4. The van der Waals surface area contributed by atoms with Crippen LogP contribution in [0.2, 0.25) is 0 Å². The molecule has 0 radical (unpaired) electrons. The summed E-state index contributed by atoms with van der Waals surface area (Å²) in [5.74, 6) is -5.39. The Morgan fingerprint density at radius 1 is 0.500 bits per heavy atom. The van der Waals surface area contributed by atoms with E-state index >= 15 is 0 Å². The highest BCUT2D eigenvalue weighted by Gasteiger charge is 2.21. The normalized spacial score (nSPS) is 10.3. The molecule has 4 nitrogen and oxygen atoms in total. The molecular weight excluding hydrogens is 626 g/mol. The van der Waals surface area contributed by atoms with Gasteiger partial charge in [0.25, 0.3) is 0 Å². The van der Waals surface area contributed by atoms with Gasteiger partial charge in [-0.3, -0.25) is 19.9 Å². The summed E-state index contributed by atoms with van der Waals surface area (Å²) in [4.78, 5) is 17.3. The number of hydrogen-bond donors (Lipinski definition) is 0. The van der Waals surface area contributed by atoms with Crippen molar-refractivity contribution < 1.29 is 17.6 Å². The second kappa shape index (κ2) is 10.2. The highest BCUT2D eigenvalue weighted by molar-refractivity contribution is 14.1. The molecule has 30 heavy (non-hydrogen) atoms. The molecule has 0 unspecified atom stereocenters. The van der Waals surface area contributed by atoms with Crippen LogP contribution in [0.15, 0.2) is 61.2 Å². The molecule has 0 spiro atoms. The summed E-state index contributed by atoms with van der Waals surface area (Å²) in [6.07, 6.45) is 6.81. The second-order valence-corrected chi connectivity index (χ2v) is 7.72. The quantitative estimate of drug-likeness (QED) is 0.116. The van der Waals surface area contributed by atoms with E-state index in [2.05, 4.69) is 19.9 Å². The molecule has 152 valence electrons. The third-order valence-electron chi connectivity index (χ3n) is 3.67. The van der Waals surface area contributed by atoms with Crippen LogP contribution >= 0.6 is 45.2 Å². The number of nitrogens with zero attached hydrogens (tertiary/aromatic N) is 4. The van der Waals surface area contributed by atoms with Crippen molar-refractivity contribution in [3.8, 4) is 22.8 Å². The molecule has 0 saturated heterocycles. The molecule has 10 heteroatoms. The lowest BCUT2D eigenvalue weighted by Crippen LogP contribution is -2.02. The van der Waals surface area contributed by atoms with Gasteiger partial charge in [-0.15, -0.1) is 0 Å². The summed E-state index contributed by atoms with van der Waals surface area (Å²) in [6.45, 7) is 0. The predicted molar refractivity (Wildman–Crippen MR) is 120 cm³/mol. The van der Waals surface area contributed by atoms with Crippen LogP contribution in [0.5, 0.6) is 0 Å². The van der Waals surface area contributed by atoms with Crippen molar-refractivity contribution in [2.75, 3.05) is 0 Å². The lowest BCUT2D eigenvalue weighted by Gasteiger charge is -2.05. The minimum Gasteiger partial charge on any atom is -0.255 e. The average Bonchev–Trinajstić information content (AvgIpc) is 2.82. The maximum Gasteiger partial charge on any atom is 0.176 e. The van der Waals surface area contributed by atoms with Gasteiger partial charge in [-0.2, -0.15) is 0 Å². The Kier molecular flexibility index (Phi) is 7.64. The maximum absolute atomic E-state index is 12.6. The van der Waals surface area contributed by atoms with Crippen molar-refractivity contribution in [3.05, 3.63) is 91.6 Å². The summed E-state index contributed by atoms with van der Waals surface area (Å²) in [6, 6.07) is 11.4. The maximum atomic E-state index is 12.6. The molecule has 0 saturated carbocycles. The Morgan fingerprint density at radius 3 is 1.17 bits per heavy atom. The van der Waals surface area contributed by atoms with E-state index in [0.717, 1.165) is 22.8 Å². The third-order valence-corrected chi connectivity index (χ3v) is 5.56. The van der Waals surface area contributed by atoms with Gasteiger partial charge in [0.1, 0.15) is 11.4 Å². The fourth-order valence-corrected chi connectivity index (χ4v) is 3.24. The first-order valence-electron chi connectivity index (χ1n) is 8.22. The fourth-order valence-electron chi connectivity index (χ4n) is 2.30. The highest BCUT2D eigenvalue weighted by Crippen LogP contribution is 2.26. The van der Waals surface area contributed by atoms with Gasteiger partial charge in [0.15, 0.2) is 23.3 Å². The van der Waals surface area contributed by atoms with E-state index in [9.17, 15) is 17.6 Å². The number of benzene rings is 1. The molecule has 0 aliphatic rings. The minimum atomic E-state index is -1.35. The zero-order chi connectivity index (χ0) is 21.7. The van der Waals surface area contributed by atoms with E-state index in [4.69, 9.17) is 0 Å². The SMILES string of the molecule is Fc1c(F)c(I)c(F)c(F)c1I.c1ccc(-c2nccnc2-c2ccccn2)nc1. The predicted octanol–water partition coefficient (Wildman–Crippen LogP) is 6.05. The number of rotatable bonds is 2. The van der Waals surface area contributed by atoms with E-state index in [1.54, 1.807) is 24.8 Å². The van der Waals surface area contributed by atoms with Gasteiger partial charge in [-0.05, 0) is 69.4 Å². The van der Waals surface area contributed by atoms with Crippen LogP contribution in [0.4, 0.5) is 17.6 Å². The van der Waals surface area contributed by atoms with Crippen LogP contribution < -0.4 is 0 Å². The Labute approximate surface area is 196 Å². The molecule has 0 aliphatic carbocycles. The van der Waals surface area contributed by atoms with Crippen LogP contribution in [-0.2, 0) is 0 Å².